The molecule has 1 aliphatic heterocycles. The molecule has 3 rings (SSSR count). The fourth-order valence-electron chi connectivity index (χ4n) is 2.98. The highest BCUT2D eigenvalue weighted by Crippen LogP contribution is 2.29. The first-order valence-electron chi connectivity index (χ1n) is 8.99. The molecule has 1 amide bonds. The Balaban J connectivity index is 1.88. The summed E-state index contributed by atoms with van der Waals surface area (Å²) in [4.78, 5) is 42.5. The molecule has 152 valence electrons. The molecule has 0 aliphatic carbocycles. The van der Waals surface area contributed by atoms with Crippen molar-refractivity contribution in [3.05, 3.63) is 52.1 Å². The third kappa shape index (κ3) is 4.60. The number of nitrogens with zero attached hydrogens (tertiary/aromatic N) is 4. The summed E-state index contributed by atoms with van der Waals surface area (Å²) in [5.74, 6) is 0.0327. The normalized spacial score (nSPS) is 14.3. The number of pyridine rings is 1. The van der Waals surface area contributed by atoms with Crippen LogP contribution in [0.5, 0.6) is 0 Å². The van der Waals surface area contributed by atoms with E-state index < -0.39 is 10.9 Å². The number of carbonyl (C=O) groups is 2. The van der Waals surface area contributed by atoms with E-state index in [4.69, 9.17) is 0 Å². The maximum atomic E-state index is 12.2. The molecule has 10 heteroatoms. The van der Waals surface area contributed by atoms with E-state index in [1.807, 2.05) is 0 Å². The zero-order valence-electron chi connectivity index (χ0n) is 16.1. The van der Waals surface area contributed by atoms with Crippen LogP contribution < -0.4 is 10.2 Å². The molecule has 0 unspecified atom stereocenters. The van der Waals surface area contributed by atoms with Crippen LogP contribution in [-0.2, 0) is 9.53 Å². The topological polar surface area (TPSA) is 118 Å². The number of aromatic nitrogens is 1. The minimum absolute atomic E-state index is 0.0319. The van der Waals surface area contributed by atoms with Gasteiger partial charge in [0.05, 0.1) is 24.1 Å². The molecule has 2 aromatic rings. The monoisotopic (exact) mass is 399 g/mol. The van der Waals surface area contributed by atoms with Crippen molar-refractivity contribution in [3.63, 3.8) is 0 Å². The Labute approximate surface area is 167 Å². The Morgan fingerprint density at radius 3 is 2.59 bits per heavy atom. The van der Waals surface area contributed by atoms with Crippen molar-refractivity contribution in [3.8, 4) is 0 Å². The number of ether oxygens (including phenoxy) is 1. The number of amides is 1. The minimum atomic E-state index is -0.525. The summed E-state index contributed by atoms with van der Waals surface area (Å²) in [6, 6.07) is 9.22. The molecule has 2 heterocycles. The fourth-order valence-corrected chi connectivity index (χ4v) is 2.98. The first kappa shape index (κ1) is 20.1. The number of nitro groups is 1. The summed E-state index contributed by atoms with van der Waals surface area (Å²) in [5, 5.41) is 14.3. The molecule has 29 heavy (non-hydrogen) atoms. The second kappa shape index (κ2) is 8.55. The van der Waals surface area contributed by atoms with Crippen LogP contribution in [0.1, 0.15) is 16.8 Å². The van der Waals surface area contributed by atoms with E-state index in [1.165, 1.54) is 13.2 Å². The molecule has 0 bridgehead atoms. The zero-order valence-corrected chi connectivity index (χ0v) is 16.1. The van der Waals surface area contributed by atoms with Gasteiger partial charge in [-0.05, 0) is 36.8 Å². The van der Waals surface area contributed by atoms with Gasteiger partial charge in [0.25, 0.3) is 0 Å². The van der Waals surface area contributed by atoms with Crippen molar-refractivity contribution in [1.29, 1.82) is 0 Å². The number of carbonyl (C=O) groups excluding carboxylic acids is 2. The molecular weight excluding hydrogens is 378 g/mol. The summed E-state index contributed by atoms with van der Waals surface area (Å²) in [5.41, 5.74) is 0.697. The van der Waals surface area contributed by atoms with Crippen LogP contribution in [0.3, 0.4) is 0 Å². The average Bonchev–Trinajstić information content (AvgIpc) is 2.88. The highest BCUT2D eigenvalue weighted by atomic mass is 16.6. The Morgan fingerprint density at radius 2 is 1.93 bits per heavy atom. The van der Waals surface area contributed by atoms with E-state index in [0.717, 1.165) is 6.42 Å². The number of rotatable bonds is 5. The number of benzene rings is 1. The number of hydrogen-bond acceptors (Lipinski definition) is 8. The van der Waals surface area contributed by atoms with Gasteiger partial charge in [0, 0.05) is 31.9 Å². The van der Waals surface area contributed by atoms with E-state index in [1.54, 1.807) is 47.2 Å². The average molecular weight is 399 g/mol. The first-order valence-corrected chi connectivity index (χ1v) is 8.99. The van der Waals surface area contributed by atoms with Gasteiger partial charge >= 0.3 is 11.7 Å². The number of likely N-dealkylation sites (N-methyl/N-ethyl adjacent to an activating group) is 1. The molecule has 0 atom stereocenters. The van der Waals surface area contributed by atoms with Crippen molar-refractivity contribution in [1.82, 2.24) is 9.88 Å². The predicted molar refractivity (Wildman–Crippen MR) is 106 cm³/mol. The lowest BCUT2D eigenvalue weighted by atomic mass is 10.2. The summed E-state index contributed by atoms with van der Waals surface area (Å²) < 4.78 is 4.66. The minimum Gasteiger partial charge on any atom is -0.465 e. The summed E-state index contributed by atoms with van der Waals surface area (Å²) in [6.07, 6.45) is 0.776. The van der Waals surface area contributed by atoms with Crippen molar-refractivity contribution >= 4 is 34.9 Å². The van der Waals surface area contributed by atoms with Crippen molar-refractivity contribution in [2.75, 3.05) is 44.0 Å². The summed E-state index contributed by atoms with van der Waals surface area (Å²) >= 11 is 0. The third-order valence-corrected chi connectivity index (χ3v) is 4.62. The molecule has 10 nitrogen and oxygen atoms in total. The van der Waals surface area contributed by atoms with Gasteiger partial charge in [-0.1, -0.05) is 0 Å². The van der Waals surface area contributed by atoms with Gasteiger partial charge in [0.1, 0.15) is 5.82 Å². The number of esters is 1. The Morgan fingerprint density at radius 1 is 1.21 bits per heavy atom. The number of anilines is 3. The van der Waals surface area contributed by atoms with Gasteiger partial charge in [0.15, 0.2) is 0 Å². The van der Waals surface area contributed by atoms with Crippen LogP contribution in [0.15, 0.2) is 36.4 Å². The lowest BCUT2D eigenvalue weighted by molar-refractivity contribution is -0.384. The molecule has 1 N–H and O–H groups in total. The molecule has 1 aromatic heterocycles. The molecule has 0 saturated carbocycles. The Hall–Kier alpha value is -3.69. The molecular formula is C19H21N5O5. The van der Waals surface area contributed by atoms with Gasteiger partial charge < -0.3 is 19.9 Å². The smallest absolute Gasteiger partial charge is 0.337 e. The maximum Gasteiger partial charge on any atom is 0.337 e. The van der Waals surface area contributed by atoms with Gasteiger partial charge in [0.2, 0.25) is 11.7 Å². The van der Waals surface area contributed by atoms with E-state index in [9.17, 15) is 19.7 Å². The van der Waals surface area contributed by atoms with E-state index in [2.05, 4.69) is 15.0 Å². The maximum absolute atomic E-state index is 12.2. The second-order valence-corrected chi connectivity index (χ2v) is 6.58. The summed E-state index contributed by atoms with van der Waals surface area (Å²) in [6.45, 7) is 1.43. The summed E-state index contributed by atoms with van der Waals surface area (Å²) in [7, 11) is 3.04. The van der Waals surface area contributed by atoms with Crippen molar-refractivity contribution < 1.29 is 19.2 Å². The number of methoxy groups -OCH3 is 1. The van der Waals surface area contributed by atoms with Crippen LogP contribution in [0.25, 0.3) is 0 Å². The van der Waals surface area contributed by atoms with Crippen LogP contribution in [-0.4, -0.2) is 60.5 Å². The van der Waals surface area contributed by atoms with Crippen molar-refractivity contribution in [2.45, 2.75) is 6.42 Å². The van der Waals surface area contributed by atoms with Crippen LogP contribution in [0, 0.1) is 10.1 Å². The van der Waals surface area contributed by atoms with Crippen LogP contribution in [0.4, 0.5) is 23.0 Å². The van der Waals surface area contributed by atoms with Gasteiger partial charge in [-0.3, -0.25) is 14.9 Å². The molecule has 1 aromatic carbocycles. The highest BCUT2D eigenvalue weighted by molar-refractivity contribution is 5.89. The van der Waals surface area contributed by atoms with Crippen molar-refractivity contribution in [2.24, 2.45) is 0 Å². The van der Waals surface area contributed by atoms with E-state index >= 15 is 0 Å². The highest BCUT2D eigenvalue weighted by Gasteiger charge is 2.23. The van der Waals surface area contributed by atoms with Gasteiger partial charge in [-0.25, -0.2) is 9.78 Å². The molecule has 1 saturated heterocycles. The predicted octanol–water partition coefficient (Wildman–Crippen LogP) is 2.19. The Bertz CT molecular complexity index is 931. The van der Waals surface area contributed by atoms with Crippen LogP contribution in [0.2, 0.25) is 0 Å². The van der Waals surface area contributed by atoms with E-state index in [0.29, 0.717) is 30.2 Å². The largest absolute Gasteiger partial charge is 0.465 e. The third-order valence-electron chi connectivity index (χ3n) is 4.62. The molecule has 1 fully saturated rings. The number of nitrogens with one attached hydrogen (secondary N) is 1. The van der Waals surface area contributed by atoms with Gasteiger partial charge in [-0.2, -0.15) is 0 Å². The van der Waals surface area contributed by atoms with Crippen LogP contribution >= 0.6 is 0 Å². The lowest BCUT2D eigenvalue weighted by Crippen LogP contribution is -2.34. The zero-order chi connectivity index (χ0) is 21.0. The van der Waals surface area contributed by atoms with Gasteiger partial charge in [-0.15, -0.1) is 0 Å². The molecule has 0 spiro atoms. The molecule has 1 aliphatic rings. The molecule has 0 radical (unpaired) electrons. The van der Waals surface area contributed by atoms with E-state index in [-0.39, 0.29) is 24.0 Å². The fraction of sp³-hybridized carbons (Fsp3) is 0.316. The SMILES string of the molecule is COC(=O)c1ccc(Nc2nc(N3CCCN(C)C(=O)C3)ccc2[N+](=O)[O-])cc1. The number of hydrogen-bond donors (Lipinski definition) is 1. The standard InChI is InChI=1S/C19H21N5O5/c1-22-10-3-11-23(12-17(22)25)16-9-8-15(24(27)28)18(21-16)20-14-6-4-13(5-7-14)19(26)29-2/h4-9H,3,10-12H2,1-2H3,(H,20,21). The first-order chi connectivity index (χ1) is 13.9. The second-order valence-electron chi connectivity index (χ2n) is 6.58. The quantitative estimate of drug-likeness (QED) is 0.462. The lowest BCUT2D eigenvalue weighted by Gasteiger charge is -2.21. The Kier molecular flexibility index (Phi) is 5.91.